The SMILES string of the molecule is C=CCN1C(=O)N[C@H](c2ccc(F)cc2)C2=C1CN(c1ccc(C)cc1)C2=O. The number of nitrogens with zero attached hydrogens (tertiary/aromatic N) is 2. The first kappa shape index (κ1) is 18.0. The van der Waals surface area contributed by atoms with E-state index in [4.69, 9.17) is 0 Å². The van der Waals surface area contributed by atoms with E-state index in [0.717, 1.165) is 11.3 Å². The second-order valence-corrected chi connectivity index (χ2v) is 6.92. The van der Waals surface area contributed by atoms with Crippen LogP contribution in [0.1, 0.15) is 17.2 Å². The first-order valence-electron chi connectivity index (χ1n) is 9.05. The van der Waals surface area contributed by atoms with Crippen LogP contribution in [0.15, 0.2) is 72.5 Å². The van der Waals surface area contributed by atoms with E-state index in [1.165, 1.54) is 17.0 Å². The highest BCUT2D eigenvalue weighted by molar-refractivity contribution is 6.11. The summed E-state index contributed by atoms with van der Waals surface area (Å²) in [6.07, 6.45) is 1.63. The summed E-state index contributed by atoms with van der Waals surface area (Å²) in [4.78, 5) is 29.2. The molecule has 0 aliphatic carbocycles. The predicted molar refractivity (Wildman–Crippen MR) is 105 cm³/mol. The van der Waals surface area contributed by atoms with E-state index < -0.39 is 6.04 Å². The normalized spacial score (nSPS) is 19.0. The van der Waals surface area contributed by atoms with Gasteiger partial charge in [0.15, 0.2) is 0 Å². The van der Waals surface area contributed by atoms with Crippen LogP contribution >= 0.6 is 0 Å². The second kappa shape index (κ2) is 6.96. The van der Waals surface area contributed by atoms with E-state index in [0.29, 0.717) is 29.9 Å². The molecule has 3 amide bonds. The molecule has 5 nitrogen and oxygen atoms in total. The van der Waals surface area contributed by atoms with Gasteiger partial charge in [0.2, 0.25) is 0 Å². The van der Waals surface area contributed by atoms with Crippen molar-refractivity contribution in [2.24, 2.45) is 0 Å². The van der Waals surface area contributed by atoms with Crippen LogP contribution in [0.25, 0.3) is 0 Å². The molecule has 0 saturated carbocycles. The Morgan fingerprint density at radius 3 is 2.46 bits per heavy atom. The summed E-state index contributed by atoms with van der Waals surface area (Å²) < 4.78 is 13.4. The molecule has 2 aliphatic rings. The molecule has 0 aromatic heterocycles. The summed E-state index contributed by atoms with van der Waals surface area (Å²) in [6, 6.07) is 12.6. The predicted octanol–water partition coefficient (Wildman–Crippen LogP) is 3.69. The molecule has 2 aliphatic heterocycles. The van der Waals surface area contributed by atoms with Crippen molar-refractivity contribution >= 4 is 17.6 Å². The standard InChI is InChI=1S/C22H20FN3O2/c1-3-12-25-18-13-26(17-10-4-14(2)5-11-17)21(27)19(18)20(24-22(25)28)15-6-8-16(23)9-7-15/h3-11,20H,1,12-13H2,2H3,(H,24,28)/t20-/m1/s1. The molecule has 2 aromatic rings. The Bertz CT molecular complexity index is 980. The maximum absolute atomic E-state index is 13.4. The van der Waals surface area contributed by atoms with Gasteiger partial charge in [0.1, 0.15) is 5.82 Å². The van der Waals surface area contributed by atoms with Crippen molar-refractivity contribution in [3.05, 3.63) is 89.4 Å². The number of nitrogens with one attached hydrogen (secondary N) is 1. The monoisotopic (exact) mass is 377 g/mol. The van der Waals surface area contributed by atoms with Gasteiger partial charge in [0, 0.05) is 12.2 Å². The lowest BCUT2D eigenvalue weighted by atomic mass is 9.95. The molecular weight excluding hydrogens is 357 g/mol. The molecule has 4 rings (SSSR count). The summed E-state index contributed by atoms with van der Waals surface area (Å²) in [5.41, 5.74) is 3.70. The molecular formula is C22H20FN3O2. The molecule has 142 valence electrons. The molecule has 0 spiro atoms. The third-order valence-electron chi connectivity index (χ3n) is 5.08. The molecule has 0 unspecified atom stereocenters. The van der Waals surface area contributed by atoms with Gasteiger partial charge >= 0.3 is 6.03 Å². The Kier molecular flexibility index (Phi) is 4.47. The van der Waals surface area contributed by atoms with Crippen LogP contribution in [-0.4, -0.2) is 29.9 Å². The number of hydrogen-bond acceptors (Lipinski definition) is 2. The largest absolute Gasteiger partial charge is 0.326 e. The van der Waals surface area contributed by atoms with Crippen LogP contribution in [0.3, 0.4) is 0 Å². The Hall–Kier alpha value is -3.41. The van der Waals surface area contributed by atoms with Gasteiger partial charge in [-0.25, -0.2) is 9.18 Å². The van der Waals surface area contributed by atoms with Gasteiger partial charge in [-0.3, -0.25) is 9.69 Å². The van der Waals surface area contributed by atoms with Crippen molar-refractivity contribution in [3.63, 3.8) is 0 Å². The molecule has 0 saturated heterocycles. The van der Waals surface area contributed by atoms with Crippen LogP contribution in [0.2, 0.25) is 0 Å². The van der Waals surface area contributed by atoms with Crippen molar-refractivity contribution in [2.45, 2.75) is 13.0 Å². The van der Waals surface area contributed by atoms with Gasteiger partial charge in [-0.1, -0.05) is 35.9 Å². The van der Waals surface area contributed by atoms with E-state index in [1.807, 2.05) is 31.2 Å². The van der Waals surface area contributed by atoms with E-state index in [1.54, 1.807) is 23.1 Å². The molecule has 2 heterocycles. The first-order valence-corrected chi connectivity index (χ1v) is 9.05. The molecule has 0 radical (unpaired) electrons. The number of anilines is 1. The maximum Gasteiger partial charge on any atom is 0.322 e. The van der Waals surface area contributed by atoms with Gasteiger partial charge in [-0.15, -0.1) is 6.58 Å². The highest BCUT2D eigenvalue weighted by Crippen LogP contribution is 2.38. The summed E-state index contributed by atoms with van der Waals surface area (Å²) >= 11 is 0. The number of halogens is 1. The molecule has 0 fully saturated rings. The average Bonchev–Trinajstić information content (AvgIpc) is 3.02. The third kappa shape index (κ3) is 2.97. The number of urea groups is 1. The Morgan fingerprint density at radius 1 is 1.14 bits per heavy atom. The minimum absolute atomic E-state index is 0.165. The summed E-state index contributed by atoms with van der Waals surface area (Å²) in [7, 11) is 0. The van der Waals surface area contributed by atoms with E-state index in [-0.39, 0.29) is 17.8 Å². The summed E-state index contributed by atoms with van der Waals surface area (Å²) in [6.45, 7) is 6.30. The van der Waals surface area contributed by atoms with Crippen molar-refractivity contribution in [2.75, 3.05) is 18.0 Å². The molecule has 1 atom stereocenters. The smallest absolute Gasteiger partial charge is 0.322 e. The Morgan fingerprint density at radius 2 is 1.82 bits per heavy atom. The molecule has 1 N–H and O–H groups in total. The van der Waals surface area contributed by atoms with Crippen LogP contribution in [-0.2, 0) is 4.79 Å². The molecule has 0 bridgehead atoms. The highest BCUT2D eigenvalue weighted by Gasteiger charge is 2.44. The fourth-order valence-electron chi connectivity index (χ4n) is 3.65. The fraction of sp³-hybridized carbons (Fsp3) is 0.182. The highest BCUT2D eigenvalue weighted by atomic mass is 19.1. The van der Waals surface area contributed by atoms with Gasteiger partial charge in [-0.05, 0) is 36.8 Å². The lowest BCUT2D eigenvalue weighted by molar-refractivity contribution is -0.114. The first-order chi connectivity index (χ1) is 13.5. The lowest BCUT2D eigenvalue weighted by Crippen LogP contribution is -2.47. The fourth-order valence-corrected chi connectivity index (χ4v) is 3.65. The topological polar surface area (TPSA) is 52.7 Å². The number of hydrogen-bond donors (Lipinski definition) is 1. The zero-order valence-electron chi connectivity index (χ0n) is 15.5. The summed E-state index contributed by atoms with van der Waals surface area (Å²) in [5, 5.41) is 2.88. The molecule has 6 heteroatoms. The van der Waals surface area contributed by atoms with Crippen LogP contribution < -0.4 is 10.2 Å². The number of rotatable bonds is 4. The third-order valence-corrected chi connectivity index (χ3v) is 5.08. The Labute approximate surface area is 162 Å². The van der Waals surface area contributed by atoms with Crippen molar-refractivity contribution < 1.29 is 14.0 Å². The van der Waals surface area contributed by atoms with Crippen LogP contribution in [0.5, 0.6) is 0 Å². The minimum Gasteiger partial charge on any atom is -0.326 e. The van der Waals surface area contributed by atoms with Gasteiger partial charge in [0.25, 0.3) is 5.91 Å². The minimum atomic E-state index is -0.618. The van der Waals surface area contributed by atoms with Crippen molar-refractivity contribution in [1.82, 2.24) is 10.2 Å². The quantitative estimate of drug-likeness (QED) is 0.827. The van der Waals surface area contributed by atoms with Gasteiger partial charge in [0.05, 0.1) is 23.9 Å². The number of benzene rings is 2. The number of carbonyl (C=O) groups excluding carboxylic acids is 2. The number of amides is 3. The van der Waals surface area contributed by atoms with E-state index in [9.17, 15) is 14.0 Å². The summed E-state index contributed by atoms with van der Waals surface area (Å²) in [5.74, 6) is -0.533. The lowest BCUT2D eigenvalue weighted by Gasteiger charge is -2.33. The van der Waals surface area contributed by atoms with E-state index >= 15 is 0 Å². The number of carbonyl (C=O) groups is 2. The zero-order chi connectivity index (χ0) is 19.8. The second-order valence-electron chi connectivity index (χ2n) is 6.92. The Balaban J connectivity index is 1.77. The van der Waals surface area contributed by atoms with Gasteiger partial charge < -0.3 is 10.2 Å². The maximum atomic E-state index is 13.4. The number of aryl methyl sites for hydroxylation is 1. The van der Waals surface area contributed by atoms with Crippen molar-refractivity contribution in [3.8, 4) is 0 Å². The molecule has 28 heavy (non-hydrogen) atoms. The van der Waals surface area contributed by atoms with Crippen LogP contribution in [0, 0.1) is 12.7 Å². The van der Waals surface area contributed by atoms with E-state index in [2.05, 4.69) is 11.9 Å². The van der Waals surface area contributed by atoms with Crippen LogP contribution in [0.4, 0.5) is 14.9 Å². The molecule has 2 aromatic carbocycles. The van der Waals surface area contributed by atoms with Crippen molar-refractivity contribution in [1.29, 1.82) is 0 Å². The average molecular weight is 377 g/mol. The van der Waals surface area contributed by atoms with Gasteiger partial charge in [-0.2, -0.15) is 0 Å². The zero-order valence-corrected chi connectivity index (χ0v) is 15.5.